The lowest BCUT2D eigenvalue weighted by atomic mass is 10.1. The molecule has 1 aliphatic heterocycles. The highest BCUT2D eigenvalue weighted by molar-refractivity contribution is 6.05. The Labute approximate surface area is 137 Å². The molecule has 0 aliphatic carbocycles. The van der Waals surface area contributed by atoms with Crippen molar-refractivity contribution in [3.05, 3.63) is 53.6 Å². The highest BCUT2D eigenvalue weighted by Crippen LogP contribution is 2.29. The number of amides is 1. The van der Waals surface area contributed by atoms with Gasteiger partial charge in [-0.15, -0.1) is 0 Å². The van der Waals surface area contributed by atoms with E-state index in [-0.39, 0.29) is 5.91 Å². The number of carbonyl (C=O) groups is 1. The van der Waals surface area contributed by atoms with Crippen molar-refractivity contribution in [3.8, 4) is 0 Å². The molecule has 0 aromatic heterocycles. The monoisotopic (exact) mass is 309 g/mol. The van der Waals surface area contributed by atoms with E-state index in [1.54, 1.807) is 0 Å². The van der Waals surface area contributed by atoms with Crippen molar-refractivity contribution in [2.45, 2.75) is 26.2 Å². The number of rotatable bonds is 3. The number of benzene rings is 2. The van der Waals surface area contributed by atoms with Gasteiger partial charge in [-0.1, -0.05) is 18.2 Å². The summed E-state index contributed by atoms with van der Waals surface area (Å²) < 4.78 is 0. The van der Waals surface area contributed by atoms with E-state index in [1.165, 1.54) is 19.3 Å². The predicted molar refractivity (Wildman–Crippen MR) is 96.1 cm³/mol. The van der Waals surface area contributed by atoms with Crippen molar-refractivity contribution < 1.29 is 4.79 Å². The first-order chi connectivity index (χ1) is 11.1. The predicted octanol–water partition coefficient (Wildman–Crippen LogP) is 3.82. The van der Waals surface area contributed by atoms with E-state index < -0.39 is 0 Å². The Bertz CT molecular complexity index is 706. The lowest BCUT2D eigenvalue weighted by Crippen LogP contribution is -2.30. The maximum absolute atomic E-state index is 12.4. The number of nitrogen functional groups attached to an aromatic ring is 1. The molecule has 2 aromatic carbocycles. The van der Waals surface area contributed by atoms with Gasteiger partial charge in [-0.3, -0.25) is 4.79 Å². The number of hydrogen-bond donors (Lipinski definition) is 2. The SMILES string of the molecule is Cc1ccccc1C(=O)Nc1ccc(N2CCCCC2)c(N)c1. The van der Waals surface area contributed by atoms with Crippen LogP contribution in [0.5, 0.6) is 0 Å². The molecule has 0 spiro atoms. The zero-order valence-electron chi connectivity index (χ0n) is 13.5. The van der Waals surface area contributed by atoms with Crippen molar-refractivity contribution in [1.29, 1.82) is 0 Å². The van der Waals surface area contributed by atoms with Gasteiger partial charge in [0.25, 0.3) is 5.91 Å². The Balaban J connectivity index is 1.75. The molecule has 0 bridgehead atoms. The fraction of sp³-hybridized carbons (Fsp3) is 0.316. The molecule has 0 radical (unpaired) electrons. The maximum atomic E-state index is 12.4. The van der Waals surface area contributed by atoms with Gasteiger partial charge < -0.3 is 16.0 Å². The number of nitrogens with one attached hydrogen (secondary N) is 1. The van der Waals surface area contributed by atoms with Gasteiger partial charge in [0, 0.05) is 24.3 Å². The summed E-state index contributed by atoms with van der Waals surface area (Å²) in [5.41, 5.74) is 10.4. The summed E-state index contributed by atoms with van der Waals surface area (Å²) in [6, 6.07) is 13.3. The molecule has 0 saturated carbocycles. The van der Waals surface area contributed by atoms with Crippen LogP contribution in [-0.4, -0.2) is 19.0 Å². The molecule has 4 heteroatoms. The normalized spacial score (nSPS) is 14.6. The maximum Gasteiger partial charge on any atom is 0.255 e. The van der Waals surface area contributed by atoms with E-state index in [0.717, 1.165) is 35.7 Å². The first-order valence-electron chi connectivity index (χ1n) is 8.16. The number of piperidine rings is 1. The van der Waals surface area contributed by atoms with E-state index in [4.69, 9.17) is 5.73 Å². The second kappa shape index (κ2) is 6.73. The van der Waals surface area contributed by atoms with Crippen LogP contribution in [0.15, 0.2) is 42.5 Å². The fourth-order valence-corrected chi connectivity index (χ4v) is 3.08. The molecule has 120 valence electrons. The average molecular weight is 309 g/mol. The first kappa shape index (κ1) is 15.4. The van der Waals surface area contributed by atoms with Crippen LogP contribution >= 0.6 is 0 Å². The van der Waals surface area contributed by atoms with Gasteiger partial charge in [0.2, 0.25) is 0 Å². The first-order valence-corrected chi connectivity index (χ1v) is 8.16. The highest BCUT2D eigenvalue weighted by atomic mass is 16.1. The van der Waals surface area contributed by atoms with Crippen molar-refractivity contribution in [2.24, 2.45) is 0 Å². The average Bonchev–Trinajstić information content (AvgIpc) is 2.56. The third kappa shape index (κ3) is 3.47. The Hall–Kier alpha value is -2.49. The van der Waals surface area contributed by atoms with Gasteiger partial charge in [-0.25, -0.2) is 0 Å². The van der Waals surface area contributed by atoms with Crippen molar-refractivity contribution in [3.63, 3.8) is 0 Å². The number of aryl methyl sites for hydroxylation is 1. The number of nitrogens with zero attached hydrogens (tertiary/aromatic N) is 1. The summed E-state index contributed by atoms with van der Waals surface area (Å²) >= 11 is 0. The van der Waals surface area contributed by atoms with Gasteiger partial charge in [-0.05, 0) is 56.0 Å². The minimum Gasteiger partial charge on any atom is -0.397 e. The van der Waals surface area contributed by atoms with E-state index in [2.05, 4.69) is 10.2 Å². The number of anilines is 3. The smallest absolute Gasteiger partial charge is 0.255 e. The van der Waals surface area contributed by atoms with Crippen LogP contribution in [0.25, 0.3) is 0 Å². The third-order valence-corrected chi connectivity index (χ3v) is 4.37. The Morgan fingerprint density at radius 2 is 1.83 bits per heavy atom. The molecule has 1 aliphatic rings. The largest absolute Gasteiger partial charge is 0.397 e. The zero-order chi connectivity index (χ0) is 16.2. The molecule has 1 heterocycles. The minimum atomic E-state index is -0.103. The van der Waals surface area contributed by atoms with E-state index >= 15 is 0 Å². The number of carbonyl (C=O) groups excluding carboxylic acids is 1. The van der Waals surface area contributed by atoms with Crippen molar-refractivity contribution in [2.75, 3.05) is 29.0 Å². The van der Waals surface area contributed by atoms with Crippen molar-refractivity contribution in [1.82, 2.24) is 0 Å². The lowest BCUT2D eigenvalue weighted by molar-refractivity contribution is 0.102. The van der Waals surface area contributed by atoms with Crippen LogP contribution in [0.1, 0.15) is 35.2 Å². The molecular formula is C19H23N3O. The van der Waals surface area contributed by atoms with Gasteiger partial charge in [0.05, 0.1) is 11.4 Å². The third-order valence-electron chi connectivity index (χ3n) is 4.37. The summed E-state index contributed by atoms with van der Waals surface area (Å²) in [7, 11) is 0. The summed E-state index contributed by atoms with van der Waals surface area (Å²) in [6.45, 7) is 4.04. The number of nitrogens with two attached hydrogens (primary N) is 1. The minimum absolute atomic E-state index is 0.103. The number of hydrogen-bond acceptors (Lipinski definition) is 3. The summed E-state index contributed by atoms with van der Waals surface area (Å²) in [5, 5.41) is 2.93. The van der Waals surface area contributed by atoms with Crippen LogP contribution in [0.4, 0.5) is 17.1 Å². The second-order valence-corrected chi connectivity index (χ2v) is 6.09. The molecule has 3 N–H and O–H groups in total. The topological polar surface area (TPSA) is 58.4 Å². The molecule has 1 fully saturated rings. The molecule has 1 amide bonds. The Morgan fingerprint density at radius 3 is 2.52 bits per heavy atom. The Morgan fingerprint density at radius 1 is 1.09 bits per heavy atom. The van der Waals surface area contributed by atoms with E-state index in [0.29, 0.717) is 5.56 Å². The quantitative estimate of drug-likeness (QED) is 0.847. The second-order valence-electron chi connectivity index (χ2n) is 6.09. The standard InChI is InChI=1S/C19H23N3O/c1-14-7-3-4-8-16(14)19(23)21-15-9-10-18(17(20)13-15)22-11-5-2-6-12-22/h3-4,7-10,13H,2,5-6,11-12,20H2,1H3,(H,21,23). The van der Waals surface area contributed by atoms with Gasteiger partial charge in [0.1, 0.15) is 0 Å². The molecule has 1 saturated heterocycles. The molecule has 4 nitrogen and oxygen atoms in total. The van der Waals surface area contributed by atoms with Crippen LogP contribution in [0.2, 0.25) is 0 Å². The van der Waals surface area contributed by atoms with Gasteiger partial charge in [-0.2, -0.15) is 0 Å². The molecule has 2 aromatic rings. The summed E-state index contributed by atoms with van der Waals surface area (Å²) in [5.74, 6) is -0.103. The zero-order valence-corrected chi connectivity index (χ0v) is 13.5. The summed E-state index contributed by atoms with van der Waals surface area (Å²) in [4.78, 5) is 14.7. The van der Waals surface area contributed by atoms with Crippen molar-refractivity contribution >= 4 is 23.0 Å². The molecular weight excluding hydrogens is 286 g/mol. The summed E-state index contributed by atoms with van der Waals surface area (Å²) in [6.07, 6.45) is 3.72. The molecule has 0 atom stereocenters. The fourth-order valence-electron chi connectivity index (χ4n) is 3.08. The molecule has 23 heavy (non-hydrogen) atoms. The Kier molecular flexibility index (Phi) is 4.51. The van der Waals surface area contributed by atoms with Crippen LogP contribution < -0.4 is 16.0 Å². The van der Waals surface area contributed by atoms with Crippen LogP contribution in [-0.2, 0) is 0 Å². The highest BCUT2D eigenvalue weighted by Gasteiger charge is 2.14. The molecule has 0 unspecified atom stereocenters. The van der Waals surface area contributed by atoms with Gasteiger partial charge >= 0.3 is 0 Å². The van der Waals surface area contributed by atoms with Crippen LogP contribution in [0.3, 0.4) is 0 Å². The molecule has 3 rings (SSSR count). The van der Waals surface area contributed by atoms with E-state index in [9.17, 15) is 4.79 Å². The van der Waals surface area contributed by atoms with Gasteiger partial charge in [0.15, 0.2) is 0 Å². The lowest BCUT2D eigenvalue weighted by Gasteiger charge is -2.30. The van der Waals surface area contributed by atoms with E-state index in [1.807, 2.05) is 49.4 Å². The van der Waals surface area contributed by atoms with Crippen LogP contribution in [0, 0.1) is 6.92 Å².